The van der Waals surface area contributed by atoms with E-state index in [1.165, 1.54) is 0 Å². The van der Waals surface area contributed by atoms with Gasteiger partial charge in [0, 0.05) is 36.2 Å². The van der Waals surface area contributed by atoms with E-state index in [2.05, 4.69) is 32.3 Å². The number of fused-ring (bicyclic) bond motifs is 1. The molecule has 0 unspecified atom stereocenters. The molecule has 37 heavy (non-hydrogen) atoms. The number of pyridine rings is 1. The average Bonchev–Trinajstić information content (AvgIpc) is 3.36. The second-order valence-electron chi connectivity index (χ2n) is 8.82. The van der Waals surface area contributed by atoms with Gasteiger partial charge in [0.15, 0.2) is 5.82 Å². The van der Waals surface area contributed by atoms with Crippen LogP contribution in [0, 0.1) is 0 Å². The summed E-state index contributed by atoms with van der Waals surface area (Å²) >= 11 is 0. The van der Waals surface area contributed by atoms with E-state index in [0.717, 1.165) is 34.4 Å². The van der Waals surface area contributed by atoms with Crippen molar-refractivity contribution in [3.05, 3.63) is 75.8 Å². The van der Waals surface area contributed by atoms with Crippen LogP contribution in [0.15, 0.2) is 53.3 Å². The summed E-state index contributed by atoms with van der Waals surface area (Å²) in [4.78, 5) is 18.1. The lowest BCUT2D eigenvalue weighted by atomic mass is 10.1. The Kier molecular flexibility index (Phi) is 8.86. The van der Waals surface area contributed by atoms with Crippen molar-refractivity contribution in [3.63, 3.8) is 0 Å². The molecule has 2 aromatic heterocycles. The van der Waals surface area contributed by atoms with Gasteiger partial charge in [0.2, 0.25) is 0 Å². The Labute approximate surface area is 215 Å². The van der Waals surface area contributed by atoms with Gasteiger partial charge in [-0.1, -0.05) is 19.1 Å². The summed E-state index contributed by atoms with van der Waals surface area (Å²) in [5.74, 6) is 2.26. The third-order valence-electron chi connectivity index (χ3n) is 6.36. The molecule has 0 bridgehead atoms. The molecule has 2 aromatic carbocycles. The highest BCUT2D eigenvalue weighted by Gasteiger charge is 2.25. The van der Waals surface area contributed by atoms with Crippen molar-refractivity contribution in [2.75, 3.05) is 26.9 Å². The molecular weight excluding hydrogens is 472 g/mol. The Morgan fingerprint density at radius 2 is 1.89 bits per heavy atom. The molecule has 2 N–H and O–H groups in total. The summed E-state index contributed by atoms with van der Waals surface area (Å²) in [7, 11) is 1.64. The number of aromatic amines is 1. The number of methoxy groups -OCH3 is 1. The maximum Gasteiger partial charge on any atom is 0.252 e. The minimum Gasteiger partial charge on any atom is -0.497 e. The van der Waals surface area contributed by atoms with Crippen LogP contribution in [-0.4, -0.2) is 62.1 Å². The van der Waals surface area contributed by atoms with E-state index < -0.39 is 0 Å². The number of rotatable bonds is 13. The second-order valence-corrected chi connectivity index (χ2v) is 8.82. The van der Waals surface area contributed by atoms with E-state index in [9.17, 15) is 9.90 Å². The molecule has 0 saturated heterocycles. The van der Waals surface area contributed by atoms with Gasteiger partial charge in [0.1, 0.15) is 11.5 Å². The number of nitrogens with zero attached hydrogens (tertiary/aromatic N) is 5. The molecule has 4 rings (SSSR count). The number of benzene rings is 2. The fourth-order valence-electron chi connectivity index (χ4n) is 4.51. The molecular formula is C27H34N6O4. The second kappa shape index (κ2) is 12.5. The minimum absolute atomic E-state index is 0.0511. The van der Waals surface area contributed by atoms with Crippen LogP contribution in [0.4, 0.5) is 0 Å². The minimum atomic E-state index is -0.148. The molecule has 0 aliphatic heterocycles. The number of nitrogens with one attached hydrogen (secondary N) is 1. The molecule has 4 aromatic rings. The standard InChI is InChI=1S/C27H34N6O4/c1-4-25(26-29-30-31-33(26)17-19-7-9-22(36-3)10-8-19)32(13-6-14-34)18-21-15-20-16-23(37-5-2)11-12-24(20)28-27(21)35/h7-12,15-16,25,34H,4-6,13-14,17-18H2,1-3H3,(H,28,35)/t25-/m1/s1. The summed E-state index contributed by atoms with van der Waals surface area (Å²) in [5, 5.41) is 23.0. The van der Waals surface area contributed by atoms with Crippen LogP contribution in [0.25, 0.3) is 10.9 Å². The first-order valence-corrected chi connectivity index (χ1v) is 12.6. The fraction of sp³-hybridized carbons (Fsp3) is 0.407. The van der Waals surface area contributed by atoms with E-state index in [0.29, 0.717) is 44.0 Å². The smallest absolute Gasteiger partial charge is 0.252 e. The van der Waals surface area contributed by atoms with Gasteiger partial charge in [-0.15, -0.1) is 5.10 Å². The van der Waals surface area contributed by atoms with E-state index in [1.54, 1.807) is 11.8 Å². The summed E-state index contributed by atoms with van der Waals surface area (Å²) in [6, 6.07) is 15.2. The van der Waals surface area contributed by atoms with Crippen molar-refractivity contribution in [3.8, 4) is 11.5 Å². The van der Waals surface area contributed by atoms with Gasteiger partial charge in [0.25, 0.3) is 5.56 Å². The number of tetrazole rings is 1. The first kappa shape index (κ1) is 26.3. The van der Waals surface area contributed by atoms with E-state index in [1.807, 2.05) is 55.5 Å². The van der Waals surface area contributed by atoms with E-state index in [-0.39, 0.29) is 18.2 Å². The third kappa shape index (κ3) is 6.33. The lowest BCUT2D eigenvalue weighted by molar-refractivity contribution is 0.152. The Hall–Kier alpha value is -3.76. The van der Waals surface area contributed by atoms with Crippen LogP contribution in [0.1, 0.15) is 49.7 Å². The van der Waals surface area contributed by atoms with E-state index >= 15 is 0 Å². The lowest BCUT2D eigenvalue weighted by Crippen LogP contribution is -2.34. The first-order valence-electron chi connectivity index (χ1n) is 12.6. The third-order valence-corrected chi connectivity index (χ3v) is 6.36. The number of aliphatic hydroxyl groups is 1. The first-order chi connectivity index (χ1) is 18.1. The zero-order valence-electron chi connectivity index (χ0n) is 21.6. The largest absolute Gasteiger partial charge is 0.497 e. The zero-order valence-corrected chi connectivity index (χ0v) is 21.6. The molecule has 1 atom stereocenters. The summed E-state index contributed by atoms with van der Waals surface area (Å²) in [5.41, 5.74) is 2.29. The van der Waals surface area contributed by atoms with E-state index in [4.69, 9.17) is 9.47 Å². The molecule has 196 valence electrons. The van der Waals surface area contributed by atoms with Crippen LogP contribution >= 0.6 is 0 Å². The van der Waals surface area contributed by atoms with Gasteiger partial charge in [0.05, 0.1) is 26.3 Å². The van der Waals surface area contributed by atoms with Crippen molar-refractivity contribution in [1.29, 1.82) is 0 Å². The number of ether oxygens (including phenoxy) is 2. The average molecular weight is 507 g/mol. The Morgan fingerprint density at radius 3 is 2.59 bits per heavy atom. The van der Waals surface area contributed by atoms with Gasteiger partial charge < -0.3 is 19.6 Å². The van der Waals surface area contributed by atoms with Gasteiger partial charge in [-0.2, -0.15) is 0 Å². The van der Waals surface area contributed by atoms with Gasteiger partial charge in [-0.05, 0) is 72.2 Å². The molecule has 10 nitrogen and oxygen atoms in total. The number of aromatic nitrogens is 5. The quantitative estimate of drug-likeness (QED) is 0.284. The summed E-state index contributed by atoms with van der Waals surface area (Å²) in [6.45, 7) is 6.11. The number of hydrogen-bond acceptors (Lipinski definition) is 8. The van der Waals surface area contributed by atoms with Crippen LogP contribution in [-0.2, 0) is 13.1 Å². The highest BCUT2D eigenvalue weighted by atomic mass is 16.5. The Balaban J connectivity index is 1.63. The van der Waals surface area contributed by atoms with Gasteiger partial charge >= 0.3 is 0 Å². The van der Waals surface area contributed by atoms with Crippen molar-refractivity contribution < 1.29 is 14.6 Å². The molecule has 0 saturated carbocycles. The SMILES string of the molecule is CCOc1ccc2[nH]c(=O)c(CN(CCCO)[C@H](CC)c3nnnn3Cc3ccc(OC)cc3)cc2c1. The van der Waals surface area contributed by atoms with Crippen LogP contribution < -0.4 is 15.0 Å². The molecule has 0 aliphatic carbocycles. The summed E-state index contributed by atoms with van der Waals surface area (Å²) < 4.78 is 12.7. The maximum absolute atomic E-state index is 13.0. The van der Waals surface area contributed by atoms with Crippen LogP contribution in [0.5, 0.6) is 11.5 Å². The fourth-order valence-corrected chi connectivity index (χ4v) is 4.51. The van der Waals surface area contributed by atoms with Crippen molar-refractivity contribution in [2.24, 2.45) is 0 Å². The van der Waals surface area contributed by atoms with Crippen molar-refractivity contribution in [2.45, 2.75) is 45.8 Å². The highest BCUT2D eigenvalue weighted by Crippen LogP contribution is 2.26. The maximum atomic E-state index is 13.0. The molecule has 0 fully saturated rings. The highest BCUT2D eigenvalue weighted by molar-refractivity contribution is 5.80. The van der Waals surface area contributed by atoms with Gasteiger partial charge in [-0.3, -0.25) is 9.69 Å². The molecule has 2 heterocycles. The molecule has 0 amide bonds. The number of H-pyrrole nitrogens is 1. The lowest BCUT2D eigenvalue weighted by Gasteiger charge is -2.30. The molecule has 10 heteroatoms. The molecule has 0 spiro atoms. The Morgan fingerprint density at radius 1 is 1.11 bits per heavy atom. The zero-order chi connectivity index (χ0) is 26.2. The summed E-state index contributed by atoms with van der Waals surface area (Å²) in [6.07, 6.45) is 1.30. The van der Waals surface area contributed by atoms with Crippen LogP contribution in [0.3, 0.4) is 0 Å². The predicted molar refractivity (Wildman–Crippen MR) is 141 cm³/mol. The normalized spacial score (nSPS) is 12.2. The van der Waals surface area contributed by atoms with Crippen LogP contribution in [0.2, 0.25) is 0 Å². The number of hydrogen-bond donors (Lipinski definition) is 2. The predicted octanol–water partition coefficient (Wildman–Crippen LogP) is 3.31. The molecule has 0 aliphatic rings. The monoisotopic (exact) mass is 506 g/mol. The van der Waals surface area contributed by atoms with Gasteiger partial charge in [-0.25, -0.2) is 4.68 Å². The van der Waals surface area contributed by atoms with Crippen molar-refractivity contribution >= 4 is 10.9 Å². The molecule has 0 radical (unpaired) electrons. The topological polar surface area (TPSA) is 118 Å². The number of aliphatic hydroxyl groups excluding tert-OH is 1. The Bertz CT molecular complexity index is 1350. The van der Waals surface area contributed by atoms with Crippen molar-refractivity contribution in [1.82, 2.24) is 30.1 Å².